The first kappa shape index (κ1) is 28.9. The smallest absolute Gasteiger partial charge is 0.332 e. The summed E-state index contributed by atoms with van der Waals surface area (Å²) in [7, 11) is 3.44. The summed E-state index contributed by atoms with van der Waals surface area (Å²) in [5.74, 6) is 0. The van der Waals surface area contributed by atoms with Gasteiger partial charge in [-0.05, 0) is 32.1 Å². The Kier molecular flexibility index (Phi) is 13.5. The third-order valence-corrected chi connectivity index (χ3v) is 7.01. The summed E-state index contributed by atoms with van der Waals surface area (Å²) < 4.78 is 4.47. The van der Waals surface area contributed by atoms with Gasteiger partial charge in [0.2, 0.25) is 0 Å². The molecule has 2 rings (SSSR count). The molecule has 198 valence electrons. The first-order chi connectivity index (χ1) is 17.0. The van der Waals surface area contributed by atoms with Crippen molar-refractivity contribution in [3.05, 3.63) is 27.2 Å². The molecular formula is C27H47N5O3. The number of rotatable bonds is 19. The van der Waals surface area contributed by atoms with E-state index in [2.05, 4.69) is 17.1 Å². The molecule has 0 unspecified atom stereocenters. The second-order valence-electron chi connectivity index (χ2n) is 9.94. The first-order valence-corrected chi connectivity index (χ1v) is 13.8. The van der Waals surface area contributed by atoms with Crippen LogP contribution in [0.2, 0.25) is 0 Å². The van der Waals surface area contributed by atoms with Gasteiger partial charge in [-0.15, -0.1) is 0 Å². The summed E-state index contributed by atoms with van der Waals surface area (Å²) in [5, 5.41) is 12.8. The van der Waals surface area contributed by atoms with Crippen molar-refractivity contribution in [2.75, 3.05) is 0 Å². The molecule has 8 heteroatoms. The number of aryl methyl sites for hydroxylation is 2. The Hall–Kier alpha value is -2.38. The van der Waals surface area contributed by atoms with Crippen LogP contribution in [0.15, 0.2) is 21.1 Å². The molecule has 2 aromatic heterocycles. The average molecular weight is 490 g/mol. The van der Waals surface area contributed by atoms with Crippen molar-refractivity contribution in [3.8, 4) is 0 Å². The van der Waals surface area contributed by atoms with Gasteiger partial charge in [0.25, 0.3) is 5.56 Å². The van der Waals surface area contributed by atoms with Crippen LogP contribution in [0.5, 0.6) is 0 Å². The van der Waals surface area contributed by atoms with Crippen LogP contribution in [-0.4, -0.2) is 29.6 Å². The van der Waals surface area contributed by atoms with Gasteiger partial charge in [0.1, 0.15) is 0 Å². The van der Waals surface area contributed by atoms with Gasteiger partial charge in [-0.1, -0.05) is 89.1 Å². The molecule has 2 heterocycles. The lowest BCUT2D eigenvalue weighted by atomic mass is 10.0. The fraction of sp³-hybridized carbons (Fsp3) is 0.778. The summed E-state index contributed by atoms with van der Waals surface area (Å²) in [6.45, 7) is 2.69. The molecule has 0 aliphatic rings. The first-order valence-electron chi connectivity index (χ1n) is 13.8. The van der Waals surface area contributed by atoms with Crippen LogP contribution in [0.3, 0.4) is 0 Å². The number of aromatic nitrogens is 4. The van der Waals surface area contributed by atoms with Crippen molar-refractivity contribution in [1.29, 1.82) is 0 Å². The highest BCUT2D eigenvalue weighted by Crippen LogP contribution is 2.14. The lowest BCUT2D eigenvalue weighted by Gasteiger charge is -2.08. The second-order valence-corrected chi connectivity index (χ2v) is 9.94. The van der Waals surface area contributed by atoms with Crippen LogP contribution in [0, 0.1) is 0 Å². The predicted octanol–water partition coefficient (Wildman–Crippen LogP) is 5.92. The van der Waals surface area contributed by atoms with Crippen molar-refractivity contribution in [1.82, 2.24) is 18.7 Å². The zero-order chi connectivity index (χ0) is 25.5. The third-order valence-electron chi connectivity index (χ3n) is 7.01. The van der Waals surface area contributed by atoms with E-state index >= 15 is 0 Å². The molecule has 0 aromatic carbocycles. The number of unbranched alkanes of at least 4 members (excludes halogenated alkanes) is 13. The highest BCUT2D eigenvalue weighted by molar-refractivity contribution is 5.83. The van der Waals surface area contributed by atoms with Crippen LogP contribution < -0.4 is 11.2 Å². The molecule has 0 atom stereocenters. The van der Waals surface area contributed by atoms with Crippen molar-refractivity contribution >= 4 is 16.9 Å². The number of hydrogen-bond donors (Lipinski definition) is 1. The van der Waals surface area contributed by atoms with E-state index in [9.17, 15) is 14.8 Å². The molecule has 1 N–H and O–H groups in total. The van der Waals surface area contributed by atoms with Gasteiger partial charge in [0.15, 0.2) is 11.2 Å². The molecule has 8 nitrogen and oxygen atoms in total. The summed E-state index contributed by atoms with van der Waals surface area (Å²) in [6.07, 6.45) is 21.2. The number of nitrogens with zero attached hydrogens (tertiary/aromatic N) is 5. The van der Waals surface area contributed by atoms with Gasteiger partial charge < -0.3 is 9.77 Å². The van der Waals surface area contributed by atoms with Gasteiger partial charge in [-0.3, -0.25) is 13.9 Å². The van der Waals surface area contributed by atoms with Crippen molar-refractivity contribution in [3.63, 3.8) is 0 Å². The van der Waals surface area contributed by atoms with Crippen LogP contribution in [0.25, 0.3) is 11.2 Å². The van der Waals surface area contributed by atoms with E-state index in [0.29, 0.717) is 17.7 Å². The Morgan fingerprint density at radius 2 is 1.34 bits per heavy atom. The van der Waals surface area contributed by atoms with E-state index < -0.39 is 0 Å². The Morgan fingerprint density at radius 3 is 1.89 bits per heavy atom. The van der Waals surface area contributed by atoms with Gasteiger partial charge in [-0.25, -0.2) is 9.78 Å². The summed E-state index contributed by atoms with van der Waals surface area (Å²) in [6, 6.07) is 0. The molecule has 0 aliphatic heterocycles. The predicted molar refractivity (Wildman–Crippen MR) is 144 cm³/mol. The van der Waals surface area contributed by atoms with Crippen LogP contribution in [0.1, 0.15) is 116 Å². The Balaban J connectivity index is 1.54. The number of fused-ring (bicyclic) bond motifs is 1. The molecule has 35 heavy (non-hydrogen) atoms. The fourth-order valence-corrected chi connectivity index (χ4v) is 4.76. The van der Waals surface area contributed by atoms with Gasteiger partial charge in [-0.2, -0.15) is 0 Å². The summed E-state index contributed by atoms with van der Waals surface area (Å²) in [5.41, 5.74) is 1.31. The molecule has 0 radical (unpaired) electrons. The second kappa shape index (κ2) is 16.3. The number of hydrogen-bond acceptors (Lipinski definition) is 5. The molecule has 0 amide bonds. The molecule has 2 aromatic rings. The van der Waals surface area contributed by atoms with Crippen LogP contribution in [0.4, 0.5) is 0 Å². The normalized spacial score (nSPS) is 12.1. The minimum Gasteiger partial charge on any atom is -0.411 e. The van der Waals surface area contributed by atoms with Gasteiger partial charge in [0, 0.05) is 20.6 Å². The van der Waals surface area contributed by atoms with Crippen molar-refractivity contribution in [2.45, 2.75) is 123 Å². The Bertz CT molecular complexity index is 1020. The molecular weight excluding hydrogens is 442 g/mol. The maximum Gasteiger partial charge on any atom is 0.332 e. The lowest BCUT2D eigenvalue weighted by Crippen LogP contribution is -2.39. The Labute approximate surface area is 210 Å². The zero-order valence-corrected chi connectivity index (χ0v) is 22.3. The van der Waals surface area contributed by atoms with Crippen LogP contribution >= 0.6 is 0 Å². The zero-order valence-electron chi connectivity index (χ0n) is 22.3. The maximum atomic E-state index is 12.7. The average Bonchev–Trinajstić information content (AvgIpc) is 3.25. The van der Waals surface area contributed by atoms with E-state index in [-0.39, 0.29) is 11.2 Å². The van der Waals surface area contributed by atoms with E-state index in [1.165, 1.54) is 60.5 Å². The van der Waals surface area contributed by atoms with E-state index in [0.717, 1.165) is 63.5 Å². The van der Waals surface area contributed by atoms with E-state index in [1.54, 1.807) is 25.0 Å². The van der Waals surface area contributed by atoms with Crippen molar-refractivity contribution in [2.24, 2.45) is 19.3 Å². The topological polar surface area (TPSA) is 94.4 Å². The highest BCUT2D eigenvalue weighted by atomic mass is 16.4. The van der Waals surface area contributed by atoms with E-state index in [4.69, 9.17) is 0 Å². The molecule has 0 bridgehead atoms. The summed E-state index contributed by atoms with van der Waals surface area (Å²) >= 11 is 0. The molecule has 0 aliphatic carbocycles. The molecule has 0 saturated carbocycles. The fourth-order valence-electron chi connectivity index (χ4n) is 4.76. The SMILES string of the molecule is CCCCCCCCCC/C(CCCCCCCCCn1c(=O)c2c(ncn2C)n(C)c1=O)=N/O. The van der Waals surface area contributed by atoms with Crippen LogP contribution in [-0.2, 0) is 20.6 Å². The third kappa shape index (κ3) is 9.30. The molecule has 0 saturated heterocycles. The molecule has 0 spiro atoms. The summed E-state index contributed by atoms with van der Waals surface area (Å²) in [4.78, 5) is 29.4. The van der Waals surface area contributed by atoms with Gasteiger partial charge >= 0.3 is 5.69 Å². The minimum atomic E-state index is -0.297. The maximum absolute atomic E-state index is 12.7. The lowest BCUT2D eigenvalue weighted by molar-refractivity contribution is 0.315. The van der Waals surface area contributed by atoms with Crippen molar-refractivity contribution < 1.29 is 5.21 Å². The highest BCUT2D eigenvalue weighted by Gasteiger charge is 2.14. The van der Waals surface area contributed by atoms with E-state index in [1.807, 2.05) is 0 Å². The Morgan fingerprint density at radius 1 is 0.829 bits per heavy atom. The minimum absolute atomic E-state index is 0.253. The van der Waals surface area contributed by atoms with Gasteiger partial charge in [0.05, 0.1) is 12.0 Å². The monoisotopic (exact) mass is 489 g/mol. The number of imidazole rings is 1. The standard InChI is InChI=1S/C27H47N5O3/c1-4-5-6-7-8-10-13-16-19-23(29-35)20-17-14-11-9-12-15-18-21-32-26(33)24-25(28-22-30(24)2)31(3)27(32)34/h22,35H,4-21H2,1-3H3/b29-23-. The largest absolute Gasteiger partial charge is 0.411 e. The quantitative estimate of drug-likeness (QED) is 0.115. The molecule has 0 fully saturated rings. The number of oxime groups is 1.